The summed E-state index contributed by atoms with van der Waals surface area (Å²) in [5, 5.41) is 0.00320. The van der Waals surface area contributed by atoms with Crippen LogP contribution < -0.4 is 4.72 Å². The van der Waals surface area contributed by atoms with E-state index in [1.807, 2.05) is 0 Å². The maximum atomic E-state index is 12.2. The lowest BCUT2D eigenvalue weighted by Gasteiger charge is -2.09. The predicted octanol–water partition coefficient (Wildman–Crippen LogP) is 2.60. The summed E-state index contributed by atoms with van der Waals surface area (Å²) in [4.78, 5) is -0.277. The van der Waals surface area contributed by atoms with E-state index in [0.717, 1.165) is 38.0 Å². The number of hydrogen-bond donors (Lipinski definition) is 1. The van der Waals surface area contributed by atoms with Gasteiger partial charge in [0.25, 0.3) is 0 Å². The van der Waals surface area contributed by atoms with E-state index >= 15 is 0 Å². The minimum absolute atomic E-state index is 0.00320. The number of unbranched alkanes of at least 4 members (excludes halogenated alkanes) is 3. The summed E-state index contributed by atoms with van der Waals surface area (Å²) in [5.74, 6) is 0. The SMILES string of the molecule is CCCCCCNS(=O)(=O)c1cc(S(C)(=O)=O)ccc1Cl. The third kappa shape index (κ3) is 5.58. The molecule has 0 unspecified atom stereocenters. The van der Waals surface area contributed by atoms with E-state index in [9.17, 15) is 16.8 Å². The Kier molecular flexibility index (Phi) is 6.65. The molecule has 0 heterocycles. The van der Waals surface area contributed by atoms with Crippen LogP contribution >= 0.6 is 11.6 Å². The minimum Gasteiger partial charge on any atom is -0.224 e. The maximum absolute atomic E-state index is 12.2. The van der Waals surface area contributed by atoms with E-state index in [1.165, 1.54) is 12.1 Å². The van der Waals surface area contributed by atoms with Crippen LogP contribution in [0, 0.1) is 0 Å². The number of nitrogens with one attached hydrogen (secondary N) is 1. The molecule has 0 aliphatic heterocycles. The van der Waals surface area contributed by atoms with E-state index in [4.69, 9.17) is 11.6 Å². The standard InChI is InChI=1S/C13H20ClNO4S2/c1-3-4-5-6-9-15-21(18,19)13-10-11(20(2,16)17)7-8-12(13)14/h7-8,10,15H,3-6,9H2,1-2H3. The molecule has 21 heavy (non-hydrogen) atoms. The third-order valence-electron chi connectivity index (χ3n) is 2.94. The van der Waals surface area contributed by atoms with Gasteiger partial charge in [-0.3, -0.25) is 0 Å². The first kappa shape index (κ1) is 18.4. The van der Waals surface area contributed by atoms with Crippen LogP contribution in [0.1, 0.15) is 32.6 Å². The van der Waals surface area contributed by atoms with Gasteiger partial charge >= 0.3 is 0 Å². The summed E-state index contributed by atoms with van der Waals surface area (Å²) >= 11 is 5.88. The van der Waals surface area contributed by atoms with Crippen LogP contribution in [-0.4, -0.2) is 29.6 Å². The van der Waals surface area contributed by atoms with Crippen LogP contribution in [0.5, 0.6) is 0 Å². The number of benzene rings is 1. The molecule has 0 amide bonds. The van der Waals surface area contributed by atoms with Gasteiger partial charge < -0.3 is 0 Å². The zero-order valence-corrected chi connectivity index (χ0v) is 14.5. The van der Waals surface area contributed by atoms with Crippen LogP contribution in [-0.2, 0) is 19.9 Å². The van der Waals surface area contributed by atoms with Gasteiger partial charge in [0.15, 0.2) is 9.84 Å². The van der Waals surface area contributed by atoms with Crippen molar-refractivity contribution >= 4 is 31.5 Å². The Labute approximate surface area is 131 Å². The first-order chi connectivity index (χ1) is 9.68. The molecule has 0 aromatic heterocycles. The fraction of sp³-hybridized carbons (Fsp3) is 0.538. The van der Waals surface area contributed by atoms with E-state index in [-0.39, 0.29) is 14.8 Å². The smallest absolute Gasteiger partial charge is 0.224 e. The monoisotopic (exact) mass is 353 g/mol. The van der Waals surface area contributed by atoms with E-state index < -0.39 is 19.9 Å². The van der Waals surface area contributed by atoms with Crippen molar-refractivity contribution in [2.75, 3.05) is 12.8 Å². The fourth-order valence-electron chi connectivity index (χ4n) is 1.76. The molecular formula is C13H20ClNO4S2. The van der Waals surface area contributed by atoms with Crippen LogP contribution in [0.25, 0.3) is 0 Å². The van der Waals surface area contributed by atoms with Crippen LogP contribution in [0.2, 0.25) is 5.02 Å². The highest BCUT2D eigenvalue weighted by Gasteiger charge is 2.20. The third-order valence-corrected chi connectivity index (χ3v) is 6.00. The first-order valence-corrected chi connectivity index (χ1v) is 10.4. The molecular weight excluding hydrogens is 334 g/mol. The highest BCUT2D eigenvalue weighted by molar-refractivity contribution is 7.91. The van der Waals surface area contributed by atoms with E-state index in [1.54, 1.807) is 0 Å². The molecule has 1 aromatic carbocycles. The summed E-state index contributed by atoms with van der Waals surface area (Å²) in [6.45, 7) is 2.38. The highest BCUT2D eigenvalue weighted by atomic mass is 35.5. The topological polar surface area (TPSA) is 80.3 Å². The second kappa shape index (κ2) is 7.58. The minimum atomic E-state index is -3.81. The maximum Gasteiger partial charge on any atom is 0.242 e. The molecule has 0 aliphatic rings. The van der Waals surface area contributed by atoms with Crippen molar-refractivity contribution < 1.29 is 16.8 Å². The molecule has 0 spiro atoms. The zero-order valence-electron chi connectivity index (χ0n) is 12.1. The Bertz CT molecular complexity index is 684. The normalized spacial score (nSPS) is 12.5. The lowest BCUT2D eigenvalue weighted by Crippen LogP contribution is -2.25. The number of sulfonamides is 1. The van der Waals surface area contributed by atoms with Crippen molar-refractivity contribution in [2.45, 2.75) is 42.4 Å². The Morgan fingerprint density at radius 2 is 1.76 bits per heavy atom. The molecule has 1 N–H and O–H groups in total. The van der Waals surface area contributed by atoms with Gasteiger partial charge in [0, 0.05) is 12.8 Å². The lowest BCUT2D eigenvalue weighted by molar-refractivity contribution is 0.573. The molecule has 8 heteroatoms. The van der Waals surface area contributed by atoms with Crippen LogP contribution in [0.3, 0.4) is 0 Å². The predicted molar refractivity (Wildman–Crippen MR) is 83.9 cm³/mol. The molecule has 0 aliphatic carbocycles. The molecule has 0 bridgehead atoms. The molecule has 1 aromatic rings. The number of rotatable bonds is 8. The van der Waals surface area contributed by atoms with Crippen molar-refractivity contribution in [3.05, 3.63) is 23.2 Å². The molecule has 1 rings (SSSR count). The van der Waals surface area contributed by atoms with Crippen molar-refractivity contribution in [2.24, 2.45) is 0 Å². The summed E-state index contributed by atoms with van der Waals surface area (Å²) in [6, 6.07) is 3.66. The Balaban J connectivity index is 2.92. The second-order valence-electron chi connectivity index (χ2n) is 4.82. The number of sulfone groups is 1. The van der Waals surface area contributed by atoms with Crippen molar-refractivity contribution in [1.29, 1.82) is 0 Å². The molecule has 5 nitrogen and oxygen atoms in total. The Hall–Kier alpha value is -0.630. The lowest BCUT2D eigenvalue weighted by atomic mass is 10.2. The van der Waals surface area contributed by atoms with Gasteiger partial charge in [0.1, 0.15) is 4.90 Å². The van der Waals surface area contributed by atoms with Gasteiger partial charge in [-0.05, 0) is 24.6 Å². The number of hydrogen-bond acceptors (Lipinski definition) is 4. The van der Waals surface area contributed by atoms with E-state index in [0.29, 0.717) is 6.54 Å². The van der Waals surface area contributed by atoms with Gasteiger partial charge in [-0.15, -0.1) is 0 Å². The summed E-state index contributed by atoms with van der Waals surface area (Å²) in [7, 11) is -7.29. The van der Waals surface area contributed by atoms with Gasteiger partial charge in [0.05, 0.1) is 9.92 Å². The van der Waals surface area contributed by atoms with Gasteiger partial charge in [-0.25, -0.2) is 21.6 Å². The second-order valence-corrected chi connectivity index (χ2v) is 8.98. The highest BCUT2D eigenvalue weighted by Crippen LogP contribution is 2.24. The average molecular weight is 354 g/mol. The largest absolute Gasteiger partial charge is 0.242 e. The molecule has 0 saturated heterocycles. The summed E-state index contributed by atoms with van der Waals surface area (Å²) in [6.07, 6.45) is 4.80. The molecule has 0 saturated carbocycles. The van der Waals surface area contributed by atoms with Crippen molar-refractivity contribution in [1.82, 2.24) is 4.72 Å². The summed E-state index contributed by atoms with van der Waals surface area (Å²) in [5.41, 5.74) is 0. The molecule has 0 fully saturated rings. The quantitative estimate of drug-likeness (QED) is 0.728. The molecule has 0 atom stereocenters. The Morgan fingerprint density at radius 1 is 1.10 bits per heavy atom. The Morgan fingerprint density at radius 3 is 2.33 bits per heavy atom. The zero-order chi connectivity index (χ0) is 16.1. The average Bonchev–Trinajstić information content (AvgIpc) is 2.37. The summed E-state index contributed by atoms with van der Waals surface area (Å²) < 4.78 is 49.8. The molecule has 120 valence electrons. The molecule has 0 radical (unpaired) electrons. The van der Waals surface area contributed by atoms with Gasteiger partial charge in [-0.1, -0.05) is 37.8 Å². The van der Waals surface area contributed by atoms with Crippen LogP contribution in [0.15, 0.2) is 28.0 Å². The van der Waals surface area contributed by atoms with Gasteiger partial charge in [-0.2, -0.15) is 0 Å². The van der Waals surface area contributed by atoms with Crippen molar-refractivity contribution in [3.8, 4) is 0 Å². The van der Waals surface area contributed by atoms with Crippen molar-refractivity contribution in [3.63, 3.8) is 0 Å². The van der Waals surface area contributed by atoms with E-state index in [2.05, 4.69) is 11.6 Å². The fourth-order valence-corrected chi connectivity index (χ4v) is 4.08. The van der Waals surface area contributed by atoms with Gasteiger partial charge in [0.2, 0.25) is 10.0 Å². The van der Waals surface area contributed by atoms with Crippen LogP contribution in [0.4, 0.5) is 0 Å². The first-order valence-electron chi connectivity index (χ1n) is 6.67. The number of halogens is 1.